The van der Waals surface area contributed by atoms with Gasteiger partial charge in [-0.15, -0.1) is 4.72 Å². The van der Waals surface area contributed by atoms with Crippen LogP contribution in [0, 0.1) is 6.92 Å². The number of aryl methyl sites for hydroxylation is 1. The van der Waals surface area contributed by atoms with Crippen molar-refractivity contribution in [2.45, 2.75) is 18.7 Å². The molecule has 1 unspecified atom stereocenters. The molecule has 138 valence electrons. The number of nitrogens with zero attached hydrogens (tertiary/aromatic N) is 1. The van der Waals surface area contributed by atoms with Gasteiger partial charge in [-0.1, -0.05) is 12.1 Å². The normalized spacial score (nSPS) is 12.6. The molecule has 0 fully saturated rings. The minimum absolute atomic E-state index is 0.650. The summed E-state index contributed by atoms with van der Waals surface area (Å²) in [4.78, 5) is 8.67. The van der Waals surface area contributed by atoms with Crippen LogP contribution in [0.25, 0.3) is 33.1 Å². The fourth-order valence-electron chi connectivity index (χ4n) is 3.37. The highest BCUT2D eigenvalue weighted by molar-refractivity contribution is 7.89. The van der Waals surface area contributed by atoms with Gasteiger partial charge in [0.15, 0.2) is 4.90 Å². The molecule has 0 bridgehead atoms. The number of rotatable bonds is 5. The second-order valence-electron chi connectivity index (χ2n) is 6.39. The van der Waals surface area contributed by atoms with E-state index in [-0.39, 0.29) is 0 Å². The number of aromatic nitrogens is 2. The lowest BCUT2D eigenvalue weighted by molar-refractivity contribution is 0.419. The van der Waals surface area contributed by atoms with Crippen molar-refractivity contribution in [1.29, 1.82) is 0 Å². The lowest BCUT2D eigenvalue weighted by Crippen LogP contribution is -2.23. The molecule has 4 rings (SSSR count). The fourth-order valence-corrected chi connectivity index (χ4v) is 4.23. The highest BCUT2D eigenvalue weighted by Crippen LogP contribution is 2.39. The van der Waals surface area contributed by atoms with Crippen LogP contribution < -0.4 is 9.46 Å². The van der Waals surface area contributed by atoms with Crippen molar-refractivity contribution in [3.8, 4) is 16.9 Å². The van der Waals surface area contributed by atoms with E-state index in [0.717, 1.165) is 49.3 Å². The van der Waals surface area contributed by atoms with E-state index in [4.69, 9.17) is 4.74 Å². The van der Waals surface area contributed by atoms with Gasteiger partial charge in [0.05, 0.1) is 24.0 Å². The topological polar surface area (TPSA) is 73.0 Å². The highest BCUT2D eigenvalue weighted by Gasteiger charge is 2.17. The summed E-state index contributed by atoms with van der Waals surface area (Å²) in [6.45, 7) is 4.62. The molecule has 6 heteroatoms. The van der Waals surface area contributed by atoms with Crippen LogP contribution >= 0.6 is 0 Å². The molecule has 27 heavy (non-hydrogen) atoms. The molecule has 2 N–H and O–H groups in total. The SMILES string of the molecule is CCN[S+]([O-])c1cccc(-c2ccc(OC)c3[nH]c4ncc(C)cc4c23)c1. The van der Waals surface area contributed by atoms with Crippen molar-refractivity contribution in [3.63, 3.8) is 0 Å². The van der Waals surface area contributed by atoms with E-state index < -0.39 is 11.4 Å². The molecule has 0 saturated heterocycles. The van der Waals surface area contributed by atoms with Crippen molar-refractivity contribution >= 4 is 33.3 Å². The second-order valence-corrected chi connectivity index (χ2v) is 7.69. The Kier molecular flexibility index (Phi) is 4.78. The summed E-state index contributed by atoms with van der Waals surface area (Å²) in [6, 6.07) is 14.0. The van der Waals surface area contributed by atoms with E-state index in [1.54, 1.807) is 7.11 Å². The van der Waals surface area contributed by atoms with Crippen LogP contribution in [0.1, 0.15) is 12.5 Å². The van der Waals surface area contributed by atoms with Crippen LogP contribution in [0.15, 0.2) is 53.6 Å². The van der Waals surface area contributed by atoms with Gasteiger partial charge in [0.25, 0.3) is 0 Å². The number of ether oxygens (including phenoxy) is 1. The molecular weight excluding hydrogens is 358 g/mol. The lowest BCUT2D eigenvalue weighted by atomic mass is 9.99. The van der Waals surface area contributed by atoms with Crippen molar-refractivity contribution in [3.05, 3.63) is 54.2 Å². The molecule has 0 aliphatic rings. The first-order chi connectivity index (χ1) is 13.1. The first kappa shape index (κ1) is 17.9. The summed E-state index contributed by atoms with van der Waals surface area (Å²) < 4.78 is 20.9. The third kappa shape index (κ3) is 3.16. The summed E-state index contributed by atoms with van der Waals surface area (Å²) in [6.07, 6.45) is 1.85. The summed E-state index contributed by atoms with van der Waals surface area (Å²) in [7, 11) is 1.67. The predicted molar refractivity (Wildman–Crippen MR) is 110 cm³/mol. The zero-order valence-corrected chi connectivity index (χ0v) is 16.3. The molecule has 0 aliphatic heterocycles. The Labute approximate surface area is 161 Å². The maximum Gasteiger partial charge on any atom is 0.174 e. The van der Waals surface area contributed by atoms with Gasteiger partial charge in [0.2, 0.25) is 0 Å². The van der Waals surface area contributed by atoms with Crippen molar-refractivity contribution in [2.24, 2.45) is 0 Å². The summed E-state index contributed by atoms with van der Waals surface area (Å²) >= 11 is -1.22. The molecule has 2 aromatic heterocycles. The number of hydrogen-bond donors (Lipinski definition) is 2. The van der Waals surface area contributed by atoms with Crippen LogP contribution in [0.4, 0.5) is 0 Å². The number of methoxy groups -OCH3 is 1. The maximum atomic E-state index is 12.4. The molecule has 5 nitrogen and oxygen atoms in total. The number of fused-ring (bicyclic) bond motifs is 3. The van der Waals surface area contributed by atoms with Gasteiger partial charge in [0, 0.05) is 29.6 Å². The number of H-pyrrole nitrogens is 1. The van der Waals surface area contributed by atoms with E-state index >= 15 is 0 Å². The number of benzene rings is 2. The zero-order valence-electron chi connectivity index (χ0n) is 15.5. The molecule has 2 aromatic carbocycles. The Bertz CT molecular complexity index is 1120. The van der Waals surface area contributed by atoms with Crippen LogP contribution in [0.5, 0.6) is 5.75 Å². The molecule has 0 saturated carbocycles. The van der Waals surface area contributed by atoms with Gasteiger partial charge in [0.1, 0.15) is 11.4 Å². The third-order valence-electron chi connectivity index (χ3n) is 4.56. The average molecular weight is 379 g/mol. The third-order valence-corrected chi connectivity index (χ3v) is 5.79. The van der Waals surface area contributed by atoms with Gasteiger partial charge >= 0.3 is 0 Å². The molecule has 0 radical (unpaired) electrons. The second kappa shape index (κ2) is 7.23. The first-order valence-electron chi connectivity index (χ1n) is 8.83. The highest BCUT2D eigenvalue weighted by atomic mass is 32.2. The van der Waals surface area contributed by atoms with E-state index in [2.05, 4.69) is 20.8 Å². The van der Waals surface area contributed by atoms with E-state index in [9.17, 15) is 4.55 Å². The van der Waals surface area contributed by atoms with E-state index in [1.807, 2.05) is 56.4 Å². The Balaban J connectivity index is 1.98. The van der Waals surface area contributed by atoms with Crippen LogP contribution in [0.2, 0.25) is 0 Å². The first-order valence-corrected chi connectivity index (χ1v) is 9.98. The molecule has 1 atom stereocenters. The van der Waals surface area contributed by atoms with Gasteiger partial charge in [-0.05, 0) is 54.8 Å². The average Bonchev–Trinajstić information content (AvgIpc) is 3.06. The standard InChI is InChI=1S/C21H21N3O2S/c1-4-23-27(25)15-7-5-6-14(11-15)16-8-9-18(26-3)20-19(16)17-10-13(2)12-22-21(17)24-20/h5-12,23H,4H2,1-3H3,(H,22,24). The maximum absolute atomic E-state index is 12.4. The molecule has 0 amide bonds. The van der Waals surface area contributed by atoms with Gasteiger partial charge < -0.3 is 14.3 Å². The van der Waals surface area contributed by atoms with Crippen molar-refractivity contribution in [1.82, 2.24) is 14.7 Å². The quantitative estimate of drug-likeness (QED) is 0.506. The number of aromatic amines is 1. The Morgan fingerprint density at radius 1 is 1.22 bits per heavy atom. The molecule has 0 spiro atoms. The van der Waals surface area contributed by atoms with Gasteiger partial charge in [-0.3, -0.25) is 0 Å². The summed E-state index contributed by atoms with van der Waals surface area (Å²) in [5, 5.41) is 2.11. The molecule has 0 aliphatic carbocycles. The Hall–Kier alpha value is -2.54. The zero-order chi connectivity index (χ0) is 19.0. The smallest absolute Gasteiger partial charge is 0.174 e. The minimum Gasteiger partial charge on any atom is -0.593 e. The van der Waals surface area contributed by atoms with E-state index in [1.165, 1.54) is 0 Å². The summed E-state index contributed by atoms with van der Waals surface area (Å²) in [5.41, 5.74) is 4.91. The van der Waals surface area contributed by atoms with Crippen molar-refractivity contribution in [2.75, 3.05) is 13.7 Å². The van der Waals surface area contributed by atoms with Gasteiger partial charge in [-0.25, -0.2) is 4.98 Å². The number of nitrogens with one attached hydrogen (secondary N) is 2. The molecule has 4 aromatic rings. The van der Waals surface area contributed by atoms with Crippen molar-refractivity contribution < 1.29 is 9.29 Å². The predicted octanol–water partition coefficient (Wildman–Crippen LogP) is 4.33. The van der Waals surface area contributed by atoms with Crippen LogP contribution in [-0.2, 0) is 11.4 Å². The monoisotopic (exact) mass is 379 g/mol. The van der Waals surface area contributed by atoms with Crippen LogP contribution in [-0.4, -0.2) is 28.2 Å². The largest absolute Gasteiger partial charge is 0.593 e. The summed E-state index contributed by atoms with van der Waals surface area (Å²) in [5.74, 6) is 0.775. The Morgan fingerprint density at radius 3 is 2.85 bits per heavy atom. The van der Waals surface area contributed by atoms with Gasteiger partial charge in [-0.2, -0.15) is 0 Å². The number of pyridine rings is 1. The number of hydrogen-bond acceptors (Lipinski definition) is 4. The molecular formula is C21H21N3O2S. The fraction of sp³-hybridized carbons (Fsp3) is 0.190. The minimum atomic E-state index is -1.22. The van der Waals surface area contributed by atoms with E-state index in [0.29, 0.717) is 6.54 Å². The van der Waals surface area contributed by atoms with Crippen LogP contribution in [0.3, 0.4) is 0 Å². The molecule has 2 heterocycles. The Morgan fingerprint density at radius 2 is 2.07 bits per heavy atom. The lowest BCUT2D eigenvalue weighted by Gasteiger charge is -2.12.